The molecule has 0 radical (unpaired) electrons. The van der Waals surface area contributed by atoms with E-state index >= 15 is 0 Å². The predicted molar refractivity (Wildman–Crippen MR) is 93.9 cm³/mol. The van der Waals surface area contributed by atoms with Crippen molar-refractivity contribution in [3.8, 4) is 0 Å². The maximum absolute atomic E-state index is 8.56. The van der Waals surface area contributed by atoms with Crippen molar-refractivity contribution in [1.82, 2.24) is 0 Å². The summed E-state index contributed by atoms with van der Waals surface area (Å²) in [5, 5.41) is 55.8. The van der Waals surface area contributed by atoms with Crippen LogP contribution in [-0.2, 0) is 0 Å². The summed E-state index contributed by atoms with van der Waals surface area (Å²) in [4.78, 5) is 34.2. The number of hydrogen-bond acceptors (Lipinski definition) is 4. The Morgan fingerprint density at radius 1 is 0.318 bits per heavy atom. The Balaban J connectivity index is -0.00000001000. The molecular formula is C4H20Ca6O12. The SMILES string of the molecule is O=C(O)O.O=C(O)O.O=C(O)O.O=C(O)O.[CaH2].[CaH2].[CaH2].[CaH2].[CaH2].[CaH2]. The molecule has 0 aliphatic carbocycles. The van der Waals surface area contributed by atoms with Gasteiger partial charge in [0.05, 0.1) is 0 Å². The van der Waals surface area contributed by atoms with E-state index in [1.165, 1.54) is 0 Å². The second kappa shape index (κ2) is 56.2. The summed E-state index contributed by atoms with van der Waals surface area (Å²) in [6, 6.07) is 0. The molecule has 0 aromatic heterocycles. The van der Waals surface area contributed by atoms with Crippen LogP contribution in [-0.4, -0.2) is 292 Å². The van der Waals surface area contributed by atoms with E-state index in [9.17, 15) is 0 Å². The van der Waals surface area contributed by atoms with Crippen molar-refractivity contribution >= 4 is 251 Å². The van der Waals surface area contributed by atoms with Gasteiger partial charge in [0.2, 0.25) is 0 Å². The third kappa shape index (κ3) is 640. The van der Waals surface area contributed by atoms with E-state index in [0.29, 0.717) is 0 Å². The molecule has 0 fully saturated rings. The van der Waals surface area contributed by atoms with Gasteiger partial charge in [-0.2, -0.15) is 0 Å². The first-order chi connectivity index (χ1) is 6.93. The van der Waals surface area contributed by atoms with Crippen LogP contribution in [0.5, 0.6) is 0 Å². The molecule has 22 heavy (non-hydrogen) atoms. The van der Waals surface area contributed by atoms with Gasteiger partial charge in [-0.05, 0) is 0 Å². The van der Waals surface area contributed by atoms with Gasteiger partial charge in [-0.15, -0.1) is 0 Å². The van der Waals surface area contributed by atoms with E-state index < -0.39 is 24.6 Å². The summed E-state index contributed by atoms with van der Waals surface area (Å²) in [6.07, 6.45) is -7.33. The zero-order valence-corrected chi connectivity index (χ0v) is 7.21. The third-order valence-corrected chi connectivity index (χ3v) is 0. The molecule has 0 spiro atoms. The van der Waals surface area contributed by atoms with Gasteiger partial charge in [0.1, 0.15) is 0 Å². The van der Waals surface area contributed by atoms with Gasteiger partial charge in [0.15, 0.2) is 0 Å². The molecule has 18 heteroatoms. The molecule has 0 saturated carbocycles. The zero-order valence-electron chi connectivity index (χ0n) is 7.21. The first-order valence-electron chi connectivity index (χ1n) is 2.61. The van der Waals surface area contributed by atoms with Crippen LogP contribution in [0.2, 0.25) is 0 Å². The fourth-order valence-corrected chi connectivity index (χ4v) is 0. The van der Waals surface area contributed by atoms with Crippen molar-refractivity contribution < 1.29 is 60.0 Å². The van der Waals surface area contributed by atoms with E-state index in [4.69, 9.17) is 60.0 Å². The molecular weight excluding hydrogens is 480 g/mol. The molecule has 0 aliphatic heterocycles. The molecule has 120 valence electrons. The van der Waals surface area contributed by atoms with Gasteiger partial charge < -0.3 is 40.9 Å². The Morgan fingerprint density at radius 3 is 0.318 bits per heavy atom. The summed E-state index contributed by atoms with van der Waals surface area (Å²) in [6.45, 7) is 0. The van der Waals surface area contributed by atoms with Crippen molar-refractivity contribution in [2.75, 3.05) is 0 Å². The van der Waals surface area contributed by atoms with Gasteiger partial charge in [-0.1, -0.05) is 0 Å². The van der Waals surface area contributed by atoms with Gasteiger partial charge >= 0.3 is 251 Å². The molecule has 0 atom stereocenters. The molecule has 0 aromatic carbocycles. The summed E-state index contributed by atoms with van der Waals surface area (Å²) >= 11 is 0. The predicted octanol–water partition coefficient (Wildman–Crippen LogP) is -4.61. The van der Waals surface area contributed by atoms with Crippen LogP contribution < -0.4 is 0 Å². The Kier molecular flexibility index (Phi) is 162. The van der Waals surface area contributed by atoms with Crippen LogP contribution in [0.15, 0.2) is 0 Å². The fourth-order valence-electron chi connectivity index (χ4n) is 0. The normalized spacial score (nSPS) is 4.36. The van der Waals surface area contributed by atoms with E-state index in [2.05, 4.69) is 0 Å². The van der Waals surface area contributed by atoms with Crippen LogP contribution in [0.1, 0.15) is 0 Å². The molecule has 0 bridgehead atoms. The van der Waals surface area contributed by atoms with Gasteiger partial charge in [-0.3, -0.25) is 0 Å². The summed E-state index contributed by atoms with van der Waals surface area (Å²) in [5.41, 5.74) is 0. The average Bonchev–Trinajstić information content (AvgIpc) is 1.76. The van der Waals surface area contributed by atoms with Crippen molar-refractivity contribution in [2.45, 2.75) is 0 Å². The first kappa shape index (κ1) is 63.3. The van der Waals surface area contributed by atoms with Gasteiger partial charge in [0, 0.05) is 0 Å². The van der Waals surface area contributed by atoms with Crippen LogP contribution in [0.3, 0.4) is 0 Å². The Hall–Kier alpha value is 4.64. The molecule has 0 saturated heterocycles. The fraction of sp³-hybridized carbons (Fsp3) is 0. The standard InChI is InChI=1S/4CH2O3.6Ca.12H/c4*2-1(3)4;;;;;;;;;;;;;;;;;;/h4*(H2,2,3,4);;;;;;;;;;;;;;;;;;. The Labute approximate surface area is 303 Å². The zero-order chi connectivity index (χ0) is 14.3. The molecule has 0 unspecified atom stereocenters. The summed E-state index contributed by atoms with van der Waals surface area (Å²) in [5.74, 6) is 0. The van der Waals surface area contributed by atoms with Crippen LogP contribution in [0, 0.1) is 0 Å². The molecule has 0 rings (SSSR count). The Bertz CT molecular complexity index is 172. The number of rotatable bonds is 0. The minimum atomic E-state index is -1.83. The molecule has 0 aliphatic rings. The Morgan fingerprint density at radius 2 is 0.318 bits per heavy atom. The second-order valence-electron chi connectivity index (χ2n) is 1.13. The van der Waals surface area contributed by atoms with Crippen LogP contribution >= 0.6 is 0 Å². The van der Waals surface area contributed by atoms with Crippen LogP contribution in [0.25, 0.3) is 0 Å². The second-order valence-corrected chi connectivity index (χ2v) is 1.13. The van der Waals surface area contributed by atoms with Crippen molar-refractivity contribution in [2.24, 2.45) is 0 Å². The summed E-state index contributed by atoms with van der Waals surface area (Å²) < 4.78 is 0. The molecule has 0 heterocycles. The minimum absolute atomic E-state index is 0. The monoisotopic (exact) mass is 500 g/mol. The van der Waals surface area contributed by atoms with Crippen molar-refractivity contribution in [1.29, 1.82) is 0 Å². The van der Waals surface area contributed by atoms with Crippen molar-refractivity contribution in [3.63, 3.8) is 0 Å². The number of carbonyl (C=O) groups is 4. The van der Waals surface area contributed by atoms with E-state index in [1.54, 1.807) is 0 Å². The quantitative estimate of drug-likeness (QED) is 0.147. The molecule has 8 N–H and O–H groups in total. The topological polar surface area (TPSA) is 230 Å². The van der Waals surface area contributed by atoms with E-state index in [1.807, 2.05) is 0 Å². The molecule has 0 amide bonds. The van der Waals surface area contributed by atoms with E-state index in [-0.39, 0.29) is 226 Å². The molecule has 0 aromatic rings. The summed E-state index contributed by atoms with van der Waals surface area (Å²) in [7, 11) is 0. The number of hydrogen-bond donors (Lipinski definition) is 8. The molecule has 12 nitrogen and oxygen atoms in total. The maximum atomic E-state index is 8.56. The van der Waals surface area contributed by atoms with Crippen molar-refractivity contribution in [3.05, 3.63) is 0 Å². The number of carboxylic acid groups (broad SMARTS) is 8. The van der Waals surface area contributed by atoms with Gasteiger partial charge in [-0.25, -0.2) is 19.2 Å². The van der Waals surface area contributed by atoms with E-state index in [0.717, 1.165) is 0 Å². The third-order valence-electron chi connectivity index (χ3n) is 0. The van der Waals surface area contributed by atoms with Crippen LogP contribution in [0.4, 0.5) is 19.2 Å². The first-order valence-corrected chi connectivity index (χ1v) is 2.61. The average molecular weight is 501 g/mol. The van der Waals surface area contributed by atoms with Gasteiger partial charge in [0.25, 0.3) is 0 Å².